The highest BCUT2D eigenvalue weighted by Crippen LogP contribution is 2.32. The molecule has 94 valence electrons. The lowest BCUT2D eigenvalue weighted by Crippen LogP contribution is -2.27. The predicted octanol–water partition coefficient (Wildman–Crippen LogP) is 2.10. The monoisotopic (exact) mass is 243 g/mol. The Bertz CT molecular complexity index is 441. The molecule has 2 aliphatic rings. The number of fused-ring (bicyclic) bond motifs is 1. The highest BCUT2D eigenvalue weighted by molar-refractivity contribution is 5.32. The Morgan fingerprint density at radius 1 is 1.06 bits per heavy atom. The fraction of sp³-hybridized carbons (Fsp3) is 0.533. The molecule has 1 aliphatic carbocycles. The van der Waals surface area contributed by atoms with Gasteiger partial charge in [0.15, 0.2) is 0 Å². The molecule has 3 heteroatoms. The van der Waals surface area contributed by atoms with E-state index in [-0.39, 0.29) is 12.2 Å². The third-order valence-corrected chi connectivity index (χ3v) is 3.93. The molecular formula is C15H17NO2. The molecule has 1 aliphatic heterocycles. The quantitative estimate of drug-likeness (QED) is 0.758. The lowest BCUT2D eigenvalue weighted by Gasteiger charge is -2.22. The smallest absolute Gasteiger partial charge is 0.146 e. The van der Waals surface area contributed by atoms with Crippen molar-refractivity contribution in [3.8, 4) is 6.07 Å². The van der Waals surface area contributed by atoms with Crippen molar-refractivity contribution in [2.75, 3.05) is 13.2 Å². The summed E-state index contributed by atoms with van der Waals surface area (Å²) in [6, 6.07) is 10.8. The minimum atomic E-state index is -0.304. The first-order valence-electron chi connectivity index (χ1n) is 6.56. The van der Waals surface area contributed by atoms with E-state index in [9.17, 15) is 0 Å². The van der Waals surface area contributed by atoms with Crippen molar-refractivity contribution in [1.29, 1.82) is 5.26 Å². The lowest BCUT2D eigenvalue weighted by molar-refractivity contribution is 0.0200. The van der Waals surface area contributed by atoms with Gasteiger partial charge in [0.05, 0.1) is 25.4 Å². The van der Waals surface area contributed by atoms with E-state index in [1.54, 1.807) is 0 Å². The van der Waals surface area contributed by atoms with Gasteiger partial charge in [-0.05, 0) is 29.9 Å². The first kappa shape index (κ1) is 11.7. The molecule has 0 N–H and O–H groups in total. The number of rotatable bonds is 1. The van der Waals surface area contributed by atoms with Crippen LogP contribution in [0.5, 0.6) is 0 Å². The van der Waals surface area contributed by atoms with Crippen LogP contribution in [0.3, 0.4) is 0 Å². The van der Waals surface area contributed by atoms with E-state index < -0.39 is 0 Å². The molecule has 1 heterocycles. The van der Waals surface area contributed by atoms with Gasteiger partial charge in [0.25, 0.3) is 0 Å². The average molecular weight is 243 g/mol. The molecule has 0 saturated carbocycles. The van der Waals surface area contributed by atoms with Crippen LogP contribution in [0.1, 0.15) is 17.5 Å². The van der Waals surface area contributed by atoms with Crippen LogP contribution in [0.4, 0.5) is 0 Å². The Kier molecular flexibility index (Phi) is 3.31. The van der Waals surface area contributed by atoms with Gasteiger partial charge in [-0.25, -0.2) is 0 Å². The van der Waals surface area contributed by atoms with E-state index in [4.69, 9.17) is 14.7 Å². The van der Waals surface area contributed by atoms with Crippen LogP contribution >= 0.6 is 0 Å². The van der Waals surface area contributed by atoms with Gasteiger partial charge < -0.3 is 9.47 Å². The maximum absolute atomic E-state index is 9.02. The van der Waals surface area contributed by atoms with Crippen molar-refractivity contribution < 1.29 is 9.47 Å². The highest BCUT2D eigenvalue weighted by Gasteiger charge is 2.32. The van der Waals surface area contributed by atoms with Crippen LogP contribution in [0.25, 0.3) is 0 Å². The molecular weight excluding hydrogens is 226 g/mol. The van der Waals surface area contributed by atoms with Crippen molar-refractivity contribution in [2.24, 2.45) is 5.92 Å². The standard InChI is InChI=1S/C15H17NO2/c16-10-14-9-15(18-6-5-17-14)13-7-11-3-1-2-4-12(11)8-13/h1-4,13-15H,5-9H2. The fourth-order valence-electron chi connectivity index (χ4n) is 3.01. The van der Waals surface area contributed by atoms with Crippen molar-refractivity contribution >= 4 is 0 Å². The molecule has 1 aromatic rings. The first-order chi connectivity index (χ1) is 8.86. The Balaban J connectivity index is 1.71. The third kappa shape index (κ3) is 2.27. The number of ether oxygens (including phenoxy) is 2. The van der Waals surface area contributed by atoms with E-state index in [1.807, 2.05) is 0 Å². The van der Waals surface area contributed by atoms with Crippen molar-refractivity contribution in [3.05, 3.63) is 35.4 Å². The molecule has 0 aromatic heterocycles. The van der Waals surface area contributed by atoms with Crippen LogP contribution in [0.15, 0.2) is 24.3 Å². The minimum Gasteiger partial charge on any atom is -0.375 e. The van der Waals surface area contributed by atoms with Crippen LogP contribution in [0, 0.1) is 17.2 Å². The first-order valence-corrected chi connectivity index (χ1v) is 6.56. The number of benzene rings is 1. The number of hydrogen-bond donors (Lipinski definition) is 0. The van der Waals surface area contributed by atoms with Gasteiger partial charge >= 0.3 is 0 Å². The molecule has 2 atom stereocenters. The zero-order valence-electron chi connectivity index (χ0n) is 10.3. The van der Waals surface area contributed by atoms with E-state index in [2.05, 4.69) is 30.3 Å². The predicted molar refractivity (Wildman–Crippen MR) is 67.1 cm³/mol. The second-order valence-electron chi connectivity index (χ2n) is 5.07. The summed E-state index contributed by atoms with van der Waals surface area (Å²) >= 11 is 0. The Labute approximate surface area is 107 Å². The van der Waals surface area contributed by atoms with Crippen molar-refractivity contribution in [1.82, 2.24) is 0 Å². The largest absolute Gasteiger partial charge is 0.375 e. The van der Waals surface area contributed by atoms with E-state index in [1.165, 1.54) is 11.1 Å². The molecule has 0 bridgehead atoms. The van der Waals surface area contributed by atoms with Gasteiger partial charge in [-0.3, -0.25) is 0 Å². The van der Waals surface area contributed by atoms with Gasteiger partial charge in [0, 0.05) is 6.42 Å². The number of nitriles is 1. The topological polar surface area (TPSA) is 42.2 Å². The summed E-state index contributed by atoms with van der Waals surface area (Å²) in [4.78, 5) is 0. The zero-order valence-corrected chi connectivity index (χ0v) is 10.3. The normalized spacial score (nSPS) is 28.4. The minimum absolute atomic E-state index is 0.157. The molecule has 3 rings (SSSR count). The maximum atomic E-state index is 9.02. The molecule has 0 spiro atoms. The second-order valence-corrected chi connectivity index (χ2v) is 5.07. The van der Waals surface area contributed by atoms with Crippen LogP contribution < -0.4 is 0 Å². The molecule has 0 radical (unpaired) electrons. The van der Waals surface area contributed by atoms with E-state index in [0.29, 0.717) is 25.6 Å². The summed E-state index contributed by atoms with van der Waals surface area (Å²) in [5.41, 5.74) is 2.87. The maximum Gasteiger partial charge on any atom is 0.146 e. The summed E-state index contributed by atoms with van der Waals surface area (Å²) in [7, 11) is 0. The molecule has 0 amide bonds. The zero-order chi connectivity index (χ0) is 12.4. The van der Waals surface area contributed by atoms with E-state index in [0.717, 1.165) is 12.8 Å². The molecule has 1 saturated heterocycles. The van der Waals surface area contributed by atoms with Crippen molar-refractivity contribution in [2.45, 2.75) is 31.5 Å². The lowest BCUT2D eigenvalue weighted by atomic mass is 9.94. The summed E-state index contributed by atoms with van der Waals surface area (Å²) in [6.45, 7) is 1.14. The molecule has 1 aromatic carbocycles. The van der Waals surface area contributed by atoms with Crippen LogP contribution in [-0.4, -0.2) is 25.4 Å². The third-order valence-electron chi connectivity index (χ3n) is 3.93. The SMILES string of the molecule is N#CC1CC(C2Cc3ccccc3C2)OCCO1. The number of hydrogen-bond acceptors (Lipinski definition) is 3. The van der Waals surface area contributed by atoms with Gasteiger partial charge in [-0.1, -0.05) is 24.3 Å². The molecule has 3 nitrogen and oxygen atoms in total. The highest BCUT2D eigenvalue weighted by atomic mass is 16.5. The molecule has 1 fully saturated rings. The van der Waals surface area contributed by atoms with Crippen LogP contribution in [-0.2, 0) is 22.3 Å². The summed E-state index contributed by atoms with van der Waals surface area (Å²) in [6.07, 6.45) is 2.69. The van der Waals surface area contributed by atoms with Gasteiger partial charge in [0.1, 0.15) is 6.10 Å². The Hall–Kier alpha value is -1.37. The fourth-order valence-corrected chi connectivity index (χ4v) is 3.01. The van der Waals surface area contributed by atoms with Crippen molar-refractivity contribution in [3.63, 3.8) is 0 Å². The summed E-state index contributed by atoms with van der Waals surface area (Å²) in [5, 5.41) is 9.02. The summed E-state index contributed by atoms with van der Waals surface area (Å²) < 4.78 is 11.3. The molecule has 2 unspecified atom stereocenters. The second kappa shape index (κ2) is 5.09. The molecule has 18 heavy (non-hydrogen) atoms. The van der Waals surface area contributed by atoms with Gasteiger partial charge in [-0.2, -0.15) is 5.26 Å². The van der Waals surface area contributed by atoms with Gasteiger partial charge in [0.2, 0.25) is 0 Å². The average Bonchev–Trinajstić information content (AvgIpc) is 2.69. The number of nitrogens with zero attached hydrogens (tertiary/aromatic N) is 1. The van der Waals surface area contributed by atoms with Crippen LogP contribution in [0.2, 0.25) is 0 Å². The Morgan fingerprint density at radius 3 is 2.39 bits per heavy atom. The Morgan fingerprint density at radius 2 is 1.72 bits per heavy atom. The summed E-state index contributed by atoms with van der Waals surface area (Å²) in [5.74, 6) is 0.500. The van der Waals surface area contributed by atoms with E-state index >= 15 is 0 Å². The van der Waals surface area contributed by atoms with Gasteiger partial charge in [-0.15, -0.1) is 0 Å².